The van der Waals surface area contributed by atoms with E-state index < -0.39 is 8.32 Å². The standard InChI is InChI=1S/C10H22O2Si/c1-10(2)11-7-9-13(3)8-5-4-6-12-13/h10H,4-9H2,1-3H3. The Morgan fingerprint density at radius 2 is 2.15 bits per heavy atom. The van der Waals surface area contributed by atoms with Crippen molar-refractivity contribution in [1.29, 1.82) is 0 Å². The van der Waals surface area contributed by atoms with Gasteiger partial charge in [0.25, 0.3) is 0 Å². The van der Waals surface area contributed by atoms with Crippen molar-refractivity contribution in [1.82, 2.24) is 0 Å². The van der Waals surface area contributed by atoms with Crippen molar-refractivity contribution in [3.05, 3.63) is 0 Å². The van der Waals surface area contributed by atoms with Crippen molar-refractivity contribution >= 4 is 8.32 Å². The molecule has 2 nitrogen and oxygen atoms in total. The van der Waals surface area contributed by atoms with Crippen LogP contribution >= 0.6 is 0 Å². The fourth-order valence-corrected chi connectivity index (χ4v) is 4.42. The fraction of sp³-hybridized carbons (Fsp3) is 1.00. The second-order valence-corrected chi connectivity index (χ2v) is 8.61. The normalized spacial score (nSPS) is 29.5. The van der Waals surface area contributed by atoms with E-state index in [4.69, 9.17) is 9.16 Å². The van der Waals surface area contributed by atoms with Gasteiger partial charge in [-0.05, 0) is 38.9 Å². The SMILES string of the molecule is CC(C)OCC[Si]1(C)CCCCO1. The van der Waals surface area contributed by atoms with Gasteiger partial charge < -0.3 is 9.16 Å². The van der Waals surface area contributed by atoms with Crippen LogP contribution in [-0.4, -0.2) is 27.6 Å². The molecule has 0 aromatic rings. The molecule has 1 heterocycles. The first-order chi connectivity index (χ1) is 6.12. The highest BCUT2D eigenvalue weighted by Gasteiger charge is 2.30. The van der Waals surface area contributed by atoms with Crippen LogP contribution < -0.4 is 0 Å². The summed E-state index contributed by atoms with van der Waals surface area (Å²) in [6.07, 6.45) is 2.99. The number of rotatable bonds is 4. The minimum atomic E-state index is -1.33. The molecule has 0 aliphatic carbocycles. The third-order valence-electron chi connectivity index (χ3n) is 2.63. The van der Waals surface area contributed by atoms with Gasteiger partial charge in [0.1, 0.15) is 0 Å². The molecule has 1 saturated heterocycles. The van der Waals surface area contributed by atoms with Gasteiger partial charge in [0, 0.05) is 13.2 Å². The van der Waals surface area contributed by atoms with Crippen LogP contribution in [0, 0.1) is 0 Å². The molecule has 3 heteroatoms. The Balaban J connectivity index is 2.17. The molecule has 1 fully saturated rings. The number of ether oxygens (including phenoxy) is 1. The molecular formula is C10H22O2Si. The molecule has 0 amide bonds. The van der Waals surface area contributed by atoms with Gasteiger partial charge in [0.05, 0.1) is 6.10 Å². The lowest BCUT2D eigenvalue weighted by atomic mass is 10.4. The Labute approximate surface area is 82.7 Å². The van der Waals surface area contributed by atoms with Crippen molar-refractivity contribution in [2.45, 2.75) is 51.4 Å². The molecule has 1 rings (SSSR count). The molecule has 78 valence electrons. The monoisotopic (exact) mass is 202 g/mol. The number of hydrogen-bond acceptors (Lipinski definition) is 2. The van der Waals surface area contributed by atoms with E-state index in [1.165, 1.54) is 24.9 Å². The minimum absolute atomic E-state index is 0.362. The summed E-state index contributed by atoms with van der Waals surface area (Å²) in [7, 11) is -1.33. The first-order valence-electron chi connectivity index (χ1n) is 5.38. The molecule has 0 aromatic carbocycles. The van der Waals surface area contributed by atoms with Gasteiger partial charge in [-0.15, -0.1) is 0 Å². The summed E-state index contributed by atoms with van der Waals surface area (Å²) in [6, 6.07) is 2.50. The Morgan fingerprint density at radius 3 is 2.69 bits per heavy atom. The van der Waals surface area contributed by atoms with Crippen LogP contribution in [0.5, 0.6) is 0 Å². The molecule has 0 N–H and O–H groups in total. The predicted octanol–water partition coefficient (Wildman–Crippen LogP) is 2.80. The first-order valence-corrected chi connectivity index (χ1v) is 8.20. The summed E-state index contributed by atoms with van der Waals surface area (Å²) in [5.41, 5.74) is 0. The average Bonchev–Trinajstić information content (AvgIpc) is 2.04. The molecule has 0 radical (unpaired) electrons. The summed E-state index contributed by atoms with van der Waals surface area (Å²) in [5.74, 6) is 0. The summed E-state index contributed by atoms with van der Waals surface area (Å²) in [5, 5.41) is 0. The van der Waals surface area contributed by atoms with Gasteiger partial charge in [-0.25, -0.2) is 0 Å². The van der Waals surface area contributed by atoms with E-state index in [-0.39, 0.29) is 0 Å². The van der Waals surface area contributed by atoms with E-state index in [0.717, 1.165) is 13.2 Å². The van der Waals surface area contributed by atoms with Gasteiger partial charge in [-0.2, -0.15) is 0 Å². The molecule has 1 aliphatic heterocycles. The lowest BCUT2D eigenvalue weighted by Crippen LogP contribution is -2.39. The van der Waals surface area contributed by atoms with E-state index >= 15 is 0 Å². The van der Waals surface area contributed by atoms with Crippen molar-refractivity contribution in [3.8, 4) is 0 Å². The van der Waals surface area contributed by atoms with Crippen LogP contribution in [0.15, 0.2) is 0 Å². The maximum absolute atomic E-state index is 5.91. The molecule has 13 heavy (non-hydrogen) atoms. The zero-order chi connectivity index (χ0) is 9.73. The second-order valence-electron chi connectivity index (χ2n) is 4.43. The molecular weight excluding hydrogens is 180 g/mol. The zero-order valence-corrected chi connectivity index (χ0v) is 10.1. The Hall–Kier alpha value is 0.137. The van der Waals surface area contributed by atoms with Gasteiger partial charge in [-0.1, -0.05) is 6.42 Å². The smallest absolute Gasteiger partial charge is 0.192 e. The van der Waals surface area contributed by atoms with Crippen LogP contribution in [0.3, 0.4) is 0 Å². The van der Waals surface area contributed by atoms with E-state index in [0.29, 0.717) is 6.10 Å². The predicted molar refractivity (Wildman–Crippen MR) is 57.5 cm³/mol. The van der Waals surface area contributed by atoms with Crippen LogP contribution in [0.25, 0.3) is 0 Å². The molecule has 0 aromatic heterocycles. The second kappa shape index (κ2) is 5.13. The van der Waals surface area contributed by atoms with E-state index in [9.17, 15) is 0 Å². The van der Waals surface area contributed by atoms with Crippen LogP contribution in [0.4, 0.5) is 0 Å². The number of hydrogen-bond donors (Lipinski definition) is 0. The summed E-state index contributed by atoms with van der Waals surface area (Å²) < 4.78 is 11.5. The Morgan fingerprint density at radius 1 is 1.38 bits per heavy atom. The van der Waals surface area contributed by atoms with Crippen LogP contribution in [0.1, 0.15) is 26.7 Å². The van der Waals surface area contributed by atoms with Crippen LogP contribution in [0.2, 0.25) is 18.6 Å². The summed E-state index contributed by atoms with van der Waals surface area (Å²) in [6.45, 7) is 8.40. The fourth-order valence-electron chi connectivity index (χ4n) is 1.70. The third-order valence-corrected chi connectivity index (χ3v) is 6.21. The van der Waals surface area contributed by atoms with Gasteiger partial charge in [-0.3, -0.25) is 0 Å². The third kappa shape index (κ3) is 4.25. The van der Waals surface area contributed by atoms with E-state index in [1.807, 2.05) is 0 Å². The minimum Gasteiger partial charge on any atom is -0.417 e. The van der Waals surface area contributed by atoms with Gasteiger partial charge in [0.2, 0.25) is 0 Å². The maximum Gasteiger partial charge on any atom is 0.192 e. The first kappa shape index (κ1) is 11.2. The molecule has 1 atom stereocenters. The van der Waals surface area contributed by atoms with Gasteiger partial charge >= 0.3 is 0 Å². The van der Waals surface area contributed by atoms with Crippen molar-refractivity contribution in [2.24, 2.45) is 0 Å². The van der Waals surface area contributed by atoms with Gasteiger partial charge in [0.15, 0.2) is 8.32 Å². The largest absolute Gasteiger partial charge is 0.417 e. The molecule has 1 aliphatic rings. The summed E-state index contributed by atoms with van der Waals surface area (Å²) in [4.78, 5) is 0. The van der Waals surface area contributed by atoms with Crippen LogP contribution in [-0.2, 0) is 9.16 Å². The molecule has 0 saturated carbocycles. The Bertz CT molecular complexity index is 142. The summed E-state index contributed by atoms with van der Waals surface area (Å²) >= 11 is 0. The quantitative estimate of drug-likeness (QED) is 0.653. The molecule has 0 bridgehead atoms. The maximum atomic E-state index is 5.91. The highest BCUT2D eigenvalue weighted by Crippen LogP contribution is 2.25. The highest BCUT2D eigenvalue weighted by molar-refractivity contribution is 6.72. The lowest BCUT2D eigenvalue weighted by molar-refractivity contribution is 0.0862. The molecule has 0 spiro atoms. The Kier molecular flexibility index (Phi) is 4.42. The molecule has 1 unspecified atom stereocenters. The highest BCUT2D eigenvalue weighted by atomic mass is 28.4. The average molecular weight is 202 g/mol. The zero-order valence-electron chi connectivity index (χ0n) is 9.14. The topological polar surface area (TPSA) is 18.5 Å². The van der Waals surface area contributed by atoms with Crippen molar-refractivity contribution in [2.75, 3.05) is 13.2 Å². The van der Waals surface area contributed by atoms with Crippen molar-refractivity contribution < 1.29 is 9.16 Å². The van der Waals surface area contributed by atoms with E-state index in [2.05, 4.69) is 20.4 Å². The van der Waals surface area contributed by atoms with E-state index in [1.54, 1.807) is 0 Å². The van der Waals surface area contributed by atoms with Crippen molar-refractivity contribution in [3.63, 3.8) is 0 Å². The lowest BCUT2D eigenvalue weighted by Gasteiger charge is -2.31.